The monoisotopic (exact) mass is 415 g/mol. The van der Waals surface area contributed by atoms with Gasteiger partial charge in [-0.3, -0.25) is 4.79 Å². The maximum absolute atomic E-state index is 12.5. The molecule has 2 aromatic rings. The van der Waals surface area contributed by atoms with Gasteiger partial charge in [-0.25, -0.2) is 9.97 Å². The average molecular weight is 416 g/mol. The van der Waals surface area contributed by atoms with Crippen LogP contribution in [0.3, 0.4) is 0 Å². The SMILES string of the molecule is O=C(Nc1cc(-c2cccc(NC[C@@H]3CCCO3)n2)c(Cl)cn1)[C@@H]1CCCNC1. The second-order valence-corrected chi connectivity index (χ2v) is 7.91. The highest BCUT2D eigenvalue weighted by Gasteiger charge is 2.21. The number of nitrogens with zero attached hydrogens (tertiary/aromatic N) is 2. The molecule has 8 heteroatoms. The van der Waals surface area contributed by atoms with Crippen LogP contribution in [0.1, 0.15) is 25.7 Å². The topological polar surface area (TPSA) is 88.2 Å². The van der Waals surface area contributed by atoms with Crippen molar-refractivity contribution < 1.29 is 9.53 Å². The Bertz CT molecular complexity index is 851. The molecule has 0 unspecified atom stereocenters. The van der Waals surface area contributed by atoms with E-state index in [4.69, 9.17) is 16.3 Å². The molecule has 0 bridgehead atoms. The minimum absolute atomic E-state index is 0.0158. The maximum atomic E-state index is 12.5. The van der Waals surface area contributed by atoms with Crippen molar-refractivity contribution >= 4 is 29.1 Å². The van der Waals surface area contributed by atoms with Gasteiger partial charge in [-0.2, -0.15) is 0 Å². The van der Waals surface area contributed by atoms with Crippen LogP contribution in [-0.4, -0.2) is 48.2 Å². The third kappa shape index (κ3) is 5.23. The molecule has 0 spiro atoms. The van der Waals surface area contributed by atoms with Gasteiger partial charge >= 0.3 is 0 Å². The molecule has 0 aromatic carbocycles. The molecule has 0 aliphatic carbocycles. The number of amides is 1. The van der Waals surface area contributed by atoms with E-state index in [-0.39, 0.29) is 17.9 Å². The van der Waals surface area contributed by atoms with Gasteiger partial charge in [0.2, 0.25) is 5.91 Å². The summed E-state index contributed by atoms with van der Waals surface area (Å²) in [7, 11) is 0. The zero-order valence-corrected chi connectivity index (χ0v) is 17.0. The van der Waals surface area contributed by atoms with Crippen molar-refractivity contribution in [2.75, 3.05) is 36.9 Å². The highest BCUT2D eigenvalue weighted by molar-refractivity contribution is 6.33. The zero-order chi connectivity index (χ0) is 20.1. The Balaban J connectivity index is 1.46. The molecule has 2 aliphatic heterocycles. The Kier molecular flexibility index (Phi) is 6.59. The van der Waals surface area contributed by atoms with Crippen LogP contribution in [0, 0.1) is 5.92 Å². The highest BCUT2D eigenvalue weighted by Crippen LogP contribution is 2.29. The molecule has 3 N–H and O–H groups in total. The van der Waals surface area contributed by atoms with Crippen molar-refractivity contribution in [2.24, 2.45) is 5.92 Å². The van der Waals surface area contributed by atoms with Gasteiger partial charge in [0.1, 0.15) is 11.6 Å². The number of aromatic nitrogens is 2. The average Bonchev–Trinajstić information content (AvgIpc) is 3.28. The Labute approximate surface area is 175 Å². The lowest BCUT2D eigenvalue weighted by Crippen LogP contribution is -2.37. The van der Waals surface area contributed by atoms with Gasteiger partial charge in [0.25, 0.3) is 0 Å². The maximum Gasteiger partial charge on any atom is 0.229 e. The van der Waals surface area contributed by atoms with Crippen molar-refractivity contribution in [3.63, 3.8) is 0 Å². The van der Waals surface area contributed by atoms with Crippen molar-refractivity contribution in [2.45, 2.75) is 31.8 Å². The molecule has 2 aromatic heterocycles. The third-order valence-corrected chi connectivity index (χ3v) is 5.64. The van der Waals surface area contributed by atoms with Crippen LogP contribution >= 0.6 is 11.6 Å². The first-order valence-corrected chi connectivity index (χ1v) is 10.6. The molecule has 2 saturated heterocycles. The lowest BCUT2D eigenvalue weighted by Gasteiger charge is -2.21. The highest BCUT2D eigenvalue weighted by atomic mass is 35.5. The van der Waals surface area contributed by atoms with Crippen LogP contribution in [0.15, 0.2) is 30.5 Å². The first kappa shape index (κ1) is 20.1. The van der Waals surface area contributed by atoms with Gasteiger partial charge in [-0.05, 0) is 50.4 Å². The molecule has 1 amide bonds. The van der Waals surface area contributed by atoms with E-state index < -0.39 is 0 Å². The van der Waals surface area contributed by atoms with E-state index in [9.17, 15) is 4.79 Å². The summed E-state index contributed by atoms with van der Waals surface area (Å²) < 4.78 is 5.65. The van der Waals surface area contributed by atoms with E-state index in [0.717, 1.165) is 62.5 Å². The van der Waals surface area contributed by atoms with Crippen molar-refractivity contribution in [3.8, 4) is 11.3 Å². The molecule has 4 rings (SSSR count). The molecule has 4 heterocycles. The number of rotatable bonds is 6. The van der Waals surface area contributed by atoms with Gasteiger partial charge in [0.05, 0.1) is 22.7 Å². The fourth-order valence-corrected chi connectivity index (χ4v) is 3.91. The molecule has 2 fully saturated rings. The predicted octanol–water partition coefficient (Wildman–Crippen LogP) is 3.33. The molecule has 2 atom stereocenters. The normalized spacial score (nSPS) is 21.7. The molecule has 29 heavy (non-hydrogen) atoms. The number of carbonyl (C=O) groups is 1. The summed E-state index contributed by atoms with van der Waals surface area (Å²) in [5.74, 6) is 1.20. The molecular formula is C21H26ClN5O2. The molecule has 2 aliphatic rings. The van der Waals surface area contributed by atoms with Gasteiger partial charge in [-0.1, -0.05) is 17.7 Å². The summed E-state index contributed by atoms with van der Waals surface area (Å²) in [4.78, 5) is 21.4. The fourth-order valence-electron chi connectivity index (χ4n) is 3.71. The van der Waals surface area contributed by atoms with Gasteiger partial charge in [0, 0.05) is 31.5 Å². The smallest absolute Gasteiger partial charge is 0.229 e. The molecule has 0 radical (unpaired) electrons. The van der Waals surface area contributed by atoms with E-state index >= 15 is 0 Å². The first-order valence-electron chi connectivity index (χ1n) is 10.2. The van der Waals surface area contributed by atoms with Crippen LogP contribution < -0.4 is 16.0 Å². The van der Waals surface area contributed by atoms with E-state index in [1.165, 1.54) is 0 Å². The van der Waals surface area contributed by atoms with Crippen LogP contribution in [-0.2, 0) is 9.53 Å². The number of halogens is 1. The third-order valence-electron chi connectivity index (χ3n) is 5.33. The quantitative estimate of drug-likeness (QED) is 0.670. The van der Waals surface area contributed by atoms with Gasteiger partial charge < -0.3 is 20.7 Å². The van der Waals surface area contributed by atoms with Crippen LogP contribution in [0.25, 0.3) is 11.3 Å². The number of piperidine rings is 1. The lowest BCUT2D eigenvalue weighted by atomic mass is 9.99. The van der Waals surface area contributed by atoms with Crippen molar-refractivity contribution in [3.05, 3.63) is 35.5 Å². The summed E-state index contributed by atoms with van der Waals surface area (Å²) >= 11 is 6.38. The van der Waals surface area contributed by atoms with Crippen LogP contribution in [0.4, 0.5) is 11.6 Å². The van der Waals surface area contributed by atoms with Gasteiger partial charge in [0.15, 0.2) is 0 Å². The van der Waals surface area contributed by atoms with E-state index in [2.05, 4.69) is 25.9 Å². The Hall–Kier alpha value is -2.22. The summed E-state index contributed by atoms with van der Waals surface area (Å²) in [6.45, 7) is 3.23. The van der Waals surface area contributed by atoms with Crippen molar-refractivity contribution in [1.82, 2.24) is 15.3 Å². The number of hydrogen-bond acceptors (Lipinski definition) is 6. The van der Waals surface area contributed by atoms with Gasteiger partial charge in [-0.15, -0.1) is 0 Å². The molecule has 7 nitrogen and oxygen atoms in total. The Morgan fingerprint density at radius 2 is 2.21 bits per heavy atom. The zero-order valence-electron chi connectivity index (χ0n) is 16.3. The Morgan fingerprint density at radius 3 is 3.00 bits per heavy atom. The van der Waals surface area contributed by atoms with E-state index in [1.807, 2.05) is 18.2 Å². The summed E-state index contributed by atoms with van der Waals surface area (Å²) in [5.41, 5.74) is 1.46. The van der Waals surface area contributed by atoms with Crippen LogP contribution in [0.5, 0.6) is 0 Å². The Morgan fingerprint density at radius 1 is 1.28 bits per heavy atom. The number of pyridine rings is 2. The lowest BCUT2D eigenvalue weighted by molar-refractivity contribution is -0.120. The number of ether oxygens (including phenoxy) is 1. The largest absolute Gasteiger partial charge is 0.376 e. The first-order chi connectivity index (χ1) is 14.2. The van der Waals surface area contributed by atoms with E-state index in [0.29, 0.717) is 17.4 Å². The minimum Gasteiger partial charge on any atom is -0.376 e. The number of carbonyl (C=O) groups excluding carboxylic acids is 1. The minimum atomic E-state index is -0.0341. The number of hydrogen-bond donors (Lipinski definition) is 3. The van der Waals surface area contributed by atoms with Crippen molar-refractivity contribution in [1.29, 1.82) is 0 Å². The number of nitrogens with one attached hydrogen (secondary N) is 3. The standard InChI is InChI=1S/C21H26ClN5O2/c22-17-13-25-20(27-21(28)14-4-2-8-23-11-14)10-16(17)18-6-1-7-19(26-18)24-12-15-5-3-9-29-15/h1,6-7,10,13-15,23H,2-5,8-9,11-12H2,(H,24,26)(H,25,27,28)/t14-,15+/m1/s1. The molecule has 154 valence electrons. The fraction of sp³-hybridized carbons (Fsp3) is 0.476. The predicted molar refractivity (Wildman–Crippen MR) is 114 cm³/mol. The number of anilines is 2. The van der Waals surface area contributed by atoms with E-state index in [1.54, 1.807) is 12.3 Å². The molecular weight excluding hydrogens is 390 g/mol. The van der Waals surface area contributed by atoms with Crippen LogP contribution in [0.2, 0.25) is 5.02 Å². The molecule has 0 saturated carbocycles. The second-order valence-electron chi connectivity index (χ2n) is 7.51. The summed E-state index contributed by atoms with van der Waals surface area (Å²) in [6.07, 6.45) is 5.87. The summed E-state index contributed by atoms with van der Waals surface area (Å²) in [6, 6.07) is 7.53. The summed E-state index contributed by atoms with van der Waals surface area (Å²) in [5, 5.41) is 10.0. The second kappa shape index (κ2) is 9.52.